The van der Waals surface area contributed by atoms with Crippen molar-refractivity contribution in [2.75, 3.05) is 0 Å². The van der Waals surface area contributed by atoms with Gasteiger partial charge in [0.05, 0.1) is 5.02 Å². The SMILES string of the molecule is Cc1noc(C)c1S(=O)(=O)NC(=O)c1cc(Cl)c(Cl)[nH]1. The Morgan fingerprint density at radius 2 is 2.05 bits per heavy atom. The van der Waals surface area contributed by atoms with Crippen molar-refractivity contribution in [2.24, 2.45) is 0 Å². The molecule has 108 valence electrons. The average molecular weight is 338 g/mol. The Morgan fingerprint density at radius 1 is 1.40 bits per heavy atom. The zero-order chi connectivity index (χ0) is 15.1. The Morgan fingerprint density at radius 3 is 2.50 bits per heavy atom. The van der Waals surface area contributed by atoms with Crippen molar-refractivity contribution in [3.63, 3.8) is 0 Å². The molecule has 0 radical (unpaired) electrons. The highest BCUT2D eigenvalue weighted by molar-refractivity contribution is 7.90. The van der Waals surface area contributed by atoms with Gasteiger partial charge in [0, 0.05) is 0 Å². The molecule has 0 unspecified atom stereocenters. The molecule has 1 amide bonds. The highest BCUT2D eigenvalue weighted by Gasteiger charge is 2.27. The van der Waals surface area contributed by atoms with Crippen LogP contribution >= 0.6 is 23.2 Å². The lowest BCUT2D eigenvalue weighted by molar-refractivity contribution is 0.0977. The largest absolute Gasteiger partial charge is 0.360 e. The standard InChI is InChI=1S/C10H9Cl2N3O4S/c1-4-8(5(2)19-14-4)20(17,18)15-10(16)7-3-6(11)9(12)13-7/h3,13H,1-2H3,(H,15,16). The second-order valence-electron chi connectivity index (χ2n) is 3.93. The van der Waals surface area contributed by atoms with Gasteiger partial charge >= 0.3 is 0 Å². The average Bonchev–Trinajstić information content (AvgIpc) is 2.83. The van der Waals surface area contributed by atoms with Crippen LogP contribution < -0.4 is 4.72 Å². The van der Waals surface area contributed by atoms with E-state index in [2.05, 4.69) is 10.1 Å². The number of halogens is 2. The van der Waals surface area contributed by atoms with Crippen LogP contribution in [-0.4, -0.2) is 24.5 Å². The molecule has 0 aliphatic heterocycles. The van der Waals surface area contributed by atoms with Gasteiger partial charge in [-0.1, -0.05) is 28.4 Å². The summed E-state index contributed by atoms with van der Waals surface area (Å²) in [5, 5.41) is 3.69. The van der Waals surface area contributed by atoms with E-state index < -0.39 is 15.9 Å². The Balaban J connectivity index is 2.32. The maximum Gasteiger partial charge on any atom is 0.281 e. The minimum absolute atomic E-state index is 0.0477. The molecular formula is C10H9Cl2N3O4S. The van der Waals surface area contributed by atoms with Gasteiger partial charge in [-0.3, -0.25) is 4.79 Å². The Bertz CT molecular complexity index is 740. The maximum absolute atomic E-state index is 12.1. The molecule has 2 heterocycles. The van der Waals surface area contributed by atoms with E-state index in [1.54, 1.807) is 0 Å². The number of nitrogens with one attached hydrogen (secondary N) is 2. The van der Waals surface area contributed by atoms with Crippen molar-refractivity contribution < 1.29 is 17.7 Å². The fourth-order valence-corrected chi connectivity index (χ4v) is 3.22. The minimum Gasteiger partial charge on any atom is -0.360 e. The van der Waals surface area contributed by atoms with Gasteiger partial charge in [0.2, 0.25) is 0 Å². The maximum atomic E-state index is 12.1. The predicted octanol–water partition coefficient (Wildman–Crippen LogP) is 2.05. The Hall–Kier alpha value is -1.51. The van der Waals surface area contributed by atoms with E-state index in [0.29, 0.717) is 0 Å². The first-order valence-corrected chi connectivity index (χ1v) is 7.50. The van der Waals surface area contributed by atoms with Crippen LogP contribution in [0.5, 0.6) is 0 Å². The van der Waals surface area contributed by atoms with Gasteiger partial charge in [0.1, 0.15) is 16.5 Å². The first-order valence-electron chi connectivity index (χ1n) is 5.26. The van der Waals surface area contributed by atoms with Gasteiger partial charge in [-0.25, -0.2) is 13.1 Å². The predicted molar refractivity (Wildman–Crippen MR) is 71.4 cm³/mol. The topological polar surface area (TPSA) is 105 Å². The normalized spacial score (nSPS) is 11.6. The van der Waals surface area contributed by atoms with Gasteiger partial charge in [0.25, 0.3) is 15.9 Å². The number of H-pyrrole nitrogens is 1. The lowest BCUT2D eigenvalue weighted by atomic mass is 10.4. The first kappa shape index (κ1) is 14.9. The monoisotopic (exact) mass is 337 g/mol. The fraction of sp³-hybridized carbons (Fsp3) is 0.200. The molecule has 2 N–H and O–H groups in total. The third kappa shape index (κ3) is 2.67. The van der Waals surface area contributed by atoms with Crippen molar-refractivity contribution in [3.8, 4) is 0 Å². The van der Waals surface area contributed by atoms with Crippen LogP contribution in [0.25, 0.3) is 0 Å². The summed E-state index contributed by atoms with van der Waals surface area (Å²) >= 11 is 11.3. The number of rotatable bonds is 3. The molecule has 2 aromatic rings. The molecular weight excluding hydrogens is 329 g/mol. The summed E-state index contributed by atoms with van der Waals surface area (Å²) in [7, 11) is -4.09. The van der Waals surface area contributed by atoms with Gasteiger partial charge in [-0.05, 0) is 19.9 Å². The quantitative estimate of drug-likeness (QED) is 0.891. The molecule has 0 spiro atoms. The molecule has 0 atom stereocenters. The van der Waals surface area contributed by atoms with Crippen molar-refractivity contribution in [1.29, 1.82) is 0 Å². The summed E-state index contributed by atoms with van der Waals surface area (Å²) in [6.45, 7) is 2.89. The molecule has 0 fully saturated rings. The third-order valence-electron chi connectivity index (χ3n) is 2.43. The van der Waals surface area contributed by atoms with Crippen molar-refractivity contribution in [1.82, 2.24) is 14.9 Å². The first-order chi connectivity index (χ1) is 9.22. The van der Waals surface area contributed by atoms with Crippen LogP contribution in [-0.2, 0) is 10.0 Å². The second kappa shape index (κ2) is 5.12. The lowest BCUT2D eigenvalue weighted by Gasteiger charge is -2.04. The zero-order valence-electron chi connectivity index (χ0n) is 10.3. The van der Waals surface area contributed by atoms with Gasteiger partial charge in [-0.15, -0.1) is 0 Å². The molecule has 10 heteroatoms. The molecule has 0 aliphatic rings. The molecule has 0 aromatic carbocycles. The van der Waals surface area contributed by atoms with Crippen LogP contribution in [0.15, 0.2) is 15.5 Å². The zero-order valence-corrected chi connectivity index (χ0v) is 12.7. The number of aromatic nitrogens is 2. The van der Waals surface area contributed by atoms with Crippen molar-refractivity contribution in [2.45, 2.75) is 18.7 Å². The molecule has 0 saturated heterocycles. The number of carbonyl (C=O) groups excluding carboxylic acids is 1. The second-order valence-corrected chi connectivity index (χ2v) is 6.34. The summed E-state index contributed by atoms with van der Waals surface area (Å²) in [4.78, 5) is 14.1. The van der Waals surface area contributed by atoms with Crippen LogP contribution in [0.1, 0.15) is 21.9 Å². The van der Waals surface area contributed by atoms with Gasteiger partial charge in [-0.2, -0.15) is 0 Å². The number of nitrogens with zero attached hydrogens (tertiary/aromatic N) is 1. The summed E-state index contributed by atoms with van der Waals surface area (Å²) < 4.78 is 30.8. The molecule has 2 aromatic heterocycles. The number of hydrogen-bond acceptors (Lipinski definition) is 5. The Labute approximate surface area is 124 Å². The Kier molecular flexibility index (Phi) is 3.81. The van der Waals surface area contributed by atoms with E-state index in [9.17, 15) is 13.2 Å². The number of aryl methyl sites for hydroxylation is 2. The molecule has 20 heavy (non-hydrogen) atoms. The molecule has 0 aliphatic carbocycles. The number of hydrogen-bond donors (Lipinski definition) is 2. The van der Waals surface area contributed by atoms with Crippen LogP contribution in [0.3, 0.4) is 0 Å². The van der Waals surface area contributed by atoms with Gasteiger partial charge < -0.3 is 9.51 Å². The van der Waals surface area contributed by atoms with E-state index in [4.69, 9.17) is 27.7 Å². The number of amides is 1. The highest BCUT2D eigenvalue weighted by Crippen LogP contribution is 2.23. The lowest BCUT2D eigenvalue weighted by Crippen LogP contribution is -2.31. The number of sulfonamides is 1. The highest BCUT2D eigenvalue weighted by atomic mass is 35.5. The smallest absolute Gasteiger partial charge is 0.281 e. The molecule has 7 nitrogen and oxygen atoms in total. The number of carbonyl (C=O) groups is 1. The summed E-state index contributed by atoms with van der Waals surface area (Å²) in [5.74, 6) is -0.802. The summed E-state index contributed by atoms with van der Waals surface area (Å²) in [5.41, 5.74) is 0.0840. The molecule has 2 rings (SSSR count). The number of aromatic amines is 1. The van der Waals surface area contributed by atoms with E-state index in [1.807, 2.05) is 4.72 Å². The van der Waals surface area contributed by atoms with E-state index in [1.165, 1.54) is 19.9 Å². The van der Waals surface area contributed by atoms with E-state index in [-0.39, 0.29) is 32.2 Å². The van der Waals surface area contributed by atoms with Gasteiger partial charge in [0.15, 0.2) is 10.7 Å². The summed E-state index contributed by atoms with van der Waals surface area (Å²) in [6, 6.07) is 1.22. The molecule has 0 saturated carbocycles. The van der Waals surface area contributed by atoms with Crippen LogP contribution in [0.2, 0.25) is 10.2 Å². The van der Waals surface area contributed by atoms with Crippen molar-refractivity contribution in [3.05, 3.63) is 33.4 Å². The minimum atomic E-state index is -4.09. The van der Waals surface area contributed by atoms with E-state index >= 15 is 0 Å². The fourth-order valence-electron chi connectivity index (χ4n) is 1.61. The van der Waals surface area contributed by atoms with Crippen molar-refractivity contribution >= 4 is 39.1 Å². The van der Waals surface area contributed by atoms with Crippen LogP contribution in [0.4, 0.5) is 0 Å². The summed E-state index contributed by atoms with van der Waals surface area (Å²) in [6.07, 6.45) is 0. The van der Waals surface area contributed by atoms with E-state index in [0.717, 1.165) is 0 Å². The van der Waals surface area contributed by atoms with Crippen LogP contribution in [0, 0.1) is 13.8 Å². The third-order valence-corrected chi connectivity index (χ3v) is 4.70. The molecule has 0 bridgehead atoms.